The minimum atomic E-state index is -0.437. The van der Waals surface area contributed by atoms with E-state index in [4.69, 9.17) is 0 Å². The van der Waals surface area contributed by atoms with Crippen LogP contribution in [0.5, 0.6) is 0 Å². The molecule has 0 saturated heterocycles. The van der Waals surface area contributed by atoms with Crippen molar-refractivity contribution in [2.24, 2.45) is 0 Å². The Labute approximate surface area is 97.9 Å². The van der Waals surface area contributed by atoms with Crippen LogP contribution in [0.25, 0.3) is 0 Å². The lowest BCUT2D eigenvalue weighted by atomic mass is 10.1. The Hall–Kier alpha value is -1.75. The molecule has 0 amide bonds. The molecule has 3 nitrogen and oxygen atoms in total. The fourth-order valence-electron chi connectivity index (χ4n) is 1.60. The van der Waals surface area contributed by atoms with Gasteiger partial charge in [0.15, 0.2) is 0 Å². The predicted octanol–water partition coefficient (Wildman–Crippen LogP) is 2.54. The minimum absolute atomic E-state index is 0.282. The van der Waals surface area contributed by atoms with Gasteiger partial charge in [-0.2, -0.15) is 0 Å². The van der Waals surface area contributed by atoms with Gasteiger partial charge in [0.05, 0.1) is 6.54 Å². The summed E-state index contributed by atoms with van der Waals surface area (Å²) < 4.78 is 26.5. The zero-order valence-corrected chi connectivity index (χ0v) is 9.37. The number of halogens is 2. The molecule has 1 aromatic carbocycles. The minimum Gasteiger partial charge on any atom is -0.348 e. The first-order valence-electron chi connectivity index (χ1n) is 5.33. The number of nitrogens with one attached hydrogen (secondary N) is 2. The van der Waals surface area contributed by atoms with E-state index in [2.05, 4.69) is 15.3 Å². The largest absolute Gasteiger partial charge is 0.348 e. The molecule has 1 heterocycles. The maximum absolute atomic E-state index is 13.5. The second-order valence-electron chi connectivity index (χ2n) is 3.80. The van der Waals surface area contributed by atoms with Gasteiger partial charge in [-0.3, -0.25) is 0 Å². The molecule has 90 valence electrons. The third kappa shape index (κ3) is 2.88. The lowest BCUT2D eigenvalue weighted by Crippen LogP contribution is -2.20. The van der Waals surface area contributed by atoms with Gasteiger partial charge in [0, 0.05) is 24.0 Å². The lowest BCUT2D eigenvalue weighted by molar-refractivity contribution is 0.513. The first-order valence-corrected chi connectivity index (χ1v) is 5.33. The van der Waals surface area contributed by atoms with Gasteiger partial charge in [0.2, 0.25) is 0 Å². The highest BCUT2D eigenvalue weighted by molar-refractivity contribution is 5.21. The second-order valence-corrected chi connectivity index (χ2v) is 3.80. The van der Waals surface area contributed by atoms with Crippen LogP contribution in [0.2, 0.25) is 0 Å². The van der Waals surface area contributed by atoms with Gasteiger partial charge >= 0.3 is 0 Å². The highest BCUT2D eigenvalue weighted by Gasteiger charge is 2.11. The van der Waals surface area contributed by atoms with Crippen molar-refractivity contribution in [3.8, 4) is 0 Å². The summed E-state index contributed by atoms with van der Waals surface area (Å²) in [5.74, 6) is -0.0902. The molecule has 0 aliphatic rings. The van der Waals surface area contributed by atoms with Crippen LogP contribution in [-0.4, -0.2) is 9.97 Å². The van der Waals surface area contributed by atoms with Crippen molar-refractivity contribution >= 4 is 0 Å². The van der Waals surface area contributed by atoms with E-state index in [9.17, 15) is 8.78 Å². The van der Waals surface area contributed by atoms with Crippen molar-refractivity contribution in [2.45, 2.75) is 19.5 Å². The molecule has 1 aromatic heterocycles. The third-order valence-corrected chi connectivity index (χ3v) is 2.56. The van der Waals surface area contributed by atoms with E-state index in [-0.39, 0.29) is 6.04 Å². The number of hydrogen-bond donors (Lipinski definition) is 2. The van der Waals surface area contributed by atoms with E-state index < -0.39 is 11.6 Å². The van der Waals surface area contributed by atoms with Gasteiger partial charge in [-0.25, -0.2) is 13.8 Å². The zero-order valence-electron chi connectivity index (χ0n) is 9.37. The van der Waals surface area contributed by atoms with E-state index >= 15 is 0 Å². The average Bonchev–Trinajstić information content (AvgIpc) is 2.82. The Balaban J connectivity index is 2.04. The van der Waals surface area contributed by atoms with Gasteiger partial charge in [0.1, 0.15) is 17.5 Å². The van der Waals surface area contributed by atoms with Crippen molar-refractivity contribution in [2.75, 3.05) is 0 Å². The predicted molar refractivity (Wildman–Crippen MR) is 60.2 cm³/mol. The Morgan fingerprint density at radius 2 is 2.24 bits per heavy atom. The summed E-state index contributed by atoms with van der Waals surface area (Å²) in [6.45, 7) is 2.25. The van der Waals surface area contributed by atoms with E-state index in [1.165, 1.54) is 6.07 Å². The van der Waals surface area contributed by atoms with Crippen molar-refractivity contribution < 1.29 is 8.78 Å². The summed E-state index contributed by atoms with van der Waals surface area (Å²) in [6, 6.07) is 3.17. The molecule has 0 radical (unpaired) electrons. The van der Waals surface area contributed by atoms with Crippen molar-refractivity contribution in [1.82, 2.24) is 15.3 Å². The molecular formula is C12H13F2N3. The number of aromatic nitrogens is 2. The number of aromatic amines is 1. The van der Waals surface area contributed by atoms with Crippen LogP contribution in [0.15, 0.2) is 30.6 Å². The summed E-state index contributed by atoms with van der Waals surface area (Å²) in [4.78, 5) is 6.96. The molecule has 2 N–H and O–H groups in total. The molecule has 0 fully saturated rings. The fraction of sp³-hybridized carbons (Fsp3) is 0.250. The molecule has 1 unspecified atom stereocenters. The number of imidazole rings is 1. The maximum Gasteiger partial charge on any atom is 0.128 e. The van der Waals surface area contributed by atoms with Gasteiger partial charge in [-0.15, -0.1) is 0 Å². The highest BCUT2D eigenvalue weighted by Crippen LogP contribution is 2.18. The number of H-pyrrole nitrogens is 1. The van der Waals surface area contributed by atoms with Crippen LogP contribution in [0, 0.1) is 11.6 Å². The number of benzene rings is 1. The smallest absolute Gasteiger partial charge is 0.128 e. The summed E-state index contributed by atoms with van der Waals surface area (Å²) >= 11 is 0. The lowest BCUT2D eigenvalue weighted by Gasteiger charge is -2.14. The standard InChI is InChI=1S/C12H13F2N3/c1-8(17-7-12-15-4-5-16-12)10-6-9(13)2-3-11(10)14/h2-6,8,17H,7H2,1H3,(H,15,16). The Morgan fingerprint density at radius 3 is 2.94 bits per heavy atom. The molecule has 1 atom stereocenters. The molecule has 0 saturated carbocycles. The Kier molecular flexibility index (Phi) is 3.49. The fourth-order valence-corrected chi connectivity index (χ4v) is 1.60. The quantitative estimate of drug-likeness (QED) is 0.857. The molecule has 5 heteroatoms. The van der Waals surface area contributed by atoms with Crippen molar-refractivity contribution in [3.05, 3.63) is 53.6 Å². The third-order valence-electron chi connectivity index (χ3n) is 2.56. The van der Waals surface area contributed by atoms with Crippen LogP contribution < -0.4 is 5.32 Å². The van der Waals surface area contributed by atoms with Crippen LogP contribution in [-0.2, 0) is 6.54 Å². The first kappa shape index (κ1) is 11.7. The zero-order chi connectivity index (χ0) is 12.3. The van der Waals surface area contributed by atoms with E-state index in [1.54, 1.807) is 19.3 Å². The maximum atomic E-state index is 13.5. The topological polar surface area (TPSA) is 40.7 Å². The second kappa shape index (κ2) is 5.05. The normalized spacial score (nSPS) is 12.6. The molecule has 0 aliphatic heterocycles. The van der Waals surface area contributed by atoms with Crippen LogP contribution in [0.1, 0.15) is 24.4 Å². The van der Waals surface area contributed by atoms with Gasteiger partial charge < -0.3 is 10.3 Å². The van der Waals surface area contributed by atoms with Gasteiger partial charge in [-0.1, -0.05) is 0 Å². The van der Waals surface area contributed by atoms with Crippen molar-refractivity contribution in [3.63, 3.8) is 0 Å². The molecular weight excluding hydrogens is 224 g/mol. The summed E-state index contributed by atoms with van der Waals surface area (Å²) in [5.41, 5.74) is 0.316. The van der Waals surface area contributed by atoms with Crippen LogP contribution in [0.3, 0.4) is 0 Å². The first-order chi connectivity index (χ1) is 8.16. The van der Waals surface area contributed by atoms with Crippen LogP contribution >= 0.6 is 0 Å². The molecule has 2 aromatic rings. The van der Waals surface area contributed by atoms with Gasteiger partial charge in [0.25, 0.3) is 0 Å². The monoisotopic (exact) mass is 237 g/mol. The van der Waals surface area contributed by atoms with Gasteiger partial charge in [-0.05, 0) is 25.1 Å². The molecule has 0 aliphatic carbocycles. The van der Waals surface area contributed by atoms with E-state index in [1.807, 2.05) is 0 Å². The summed E-state index contributed by atoms with van der Waals surface area (Å²) in [7, 11) is 0. The Bertz CT molecular complexity index is 483. The van der Waals surface area contributed by atoms with Crippen LogP contribution in [0.4, 0.5) is 8.78 Å². The molecule has 17 heavy (non-hydrogen) atoms. The van der Waals surface area contributed by atoms with Crippen molar-refractivity contribution in [1.29, 1.82) is 0 Å². The molecule has 0 bridgehead atoms. The number of hydrogen-bond acceptors (Lipinski definition) is 2. The SMILES string of the molecule is CC(NCc1ncc[nH]1)c1cc(F)ccc1F. The average molecular weight is 237 g/mol. The van der Waals surface area contributed by atoms with E-state index in [0.29, 0.717) is 12.1 Å². The highest BCUT2D eigenvalue weighted by atomic mass is 19.1. The number of rotatable bonds is 4. The van der Waals surface area contributed by atoms with E-state index in [0.717, 1.165) is 18.0 Å². The number of nitrogens with zero attached hydrogens (tertiary/aromatic N) is 1. The Morgan fingerprint density at radius 1 is 1.41 bits per heavy atom. The summed E-state index contributed by atoms with van der Waals surface area (Å²) in [5, 5.41) is 3.07. The molecule has 2 rings (SSSR count). The molecule has 0 spiro atoms. The summed E-state index contributed by atoms with van der Waals surface area (Å²) in [6.07, 6.45) is 3.36.